The number of H-pyrrole nitrogens is 1. The van der Waals surface area contributed by atoms with Gasteiger partial charge in [0.25, 0.3) is 5.91 Å². The SMILES string of the molecule is CC(NC(=O)c1cccc2c1CCCN2)c1ncc[nH]1. The third-order valence-corrected chi connectivity index (χ3v) is 3.62. The van der Waals surface area contributed by atoms with Crippen LogP contribution in [0.5, 0.6) is 0 Å². The van der Waals surface area contributed by atoms with E-state index < -0.39 is 0 Å². The third kappa shape index (κ3) is 2.39. The van der Waals surface area contributed by atoms with Crippen LogP contribution in [0.3, 0.4) is 0 Å². The van der Waals surface area contributed by atoms with Gasteiger partial charge in [-0.3, -0.25) is 4.79 Å². The number of carbonyl (C=O) groups is 1. The maximum absolute atomic E-state index is 12.4. The van der Waals surface area contributed by atoms with E-state index in [4.69, 9.17) is 0 Å². The van der Waals surface area contributed by atoms with Crippen LogP contribution < -0.4 is 10.6 Å². The van der Waals surface area contributed by atoms with Crippen LogP contribution in [-0.2, 0) is 6.42 Å². The van der Waals surface area contributed by atoms with E-state index in [1.165, 1.54) is 0 Å². The molecule has 3 rings (SSSR count). The lowest BCUT2D eigenvalue weighted by Gasteiger charge is -2.21. The first-order chi connectivity index (χ1) is 9.75. The lowest BCUT2D eigenvalue weighted by Crippen LogP contribution is -2.29. The Bertz CT molecular complexity index is 606. The fourth-order valence-corrected chi connectivity index (χ4v) is 2.58. The minimum Gasteiger partial charge on any atom is -0.385 e. The fraction of sp³-hybridized carbons (Fsp3) is 0.333. The Morgan fingerprint density at radius 2 is 2.35 bits per heavy atom. The van der Waals surface area contributed by atoms with E-state index in [-0.39, 0.29) is 11.9 Å². The van der Waals surface area contributed by atoms with Crippen LogP contribution in [0.2, 0.25) is 0 Å². The van der Waals surface area contributed by atoms with E-state index in [0.29, 0.717) is 0 Å². The van der Waals surface area contributed by atoms with Crippen molar-refractivity contribution in [3.8, 4) is 0 Å². The second kappa shape index (κ2) is 5.36. The van der Waals surface area contributed by atoms with Gasteiger partial charge in [-0.1, -0.05) is 6.07 Å². The van der Waals surface area contributed by atoms with Crippen LogP contribution in [0.4, 0.5) is 5.69 Å². The third-order valence-electron chi connectivity index (χ3n) is 3.62. The molecule has 1 unspecified atom stereocenters. The van der Waals surface area contributed by atoms with Crippen molar-refractivity contribution in [2.45, 2.75) is 25.8 Å². The summed E-state index contributed by atoms with van der Waals surface area (Å²) < 4.78 is 0. The molecule has 1 aromatic carbocycles. The molecular weight excluding hydrogens is 252 g/mol. The summed E-state index contributed by atoms with van der Waals surface area (Å²) in [7, 11) is 0. The zero-order chi connectivity index (χ0) is 13.9. The summed E-state index contributed by atoms with van der Waals surface area (Å²) in [5.41, 5.74) is 2.95. The summed E-state index contributed by atoms with van der Waals surface area (Å²) in [6.45, 7) is 2.89. The van der Waals surface area contributed by atoms with Gasteiger partial charge in [0.15, 0.2) is 0 Å². The molecule has 5 nitrogen and oxygen atoms in total. The molecule has 0 fully saturated rings. The average Bonchev–Trinajstić information content (AvgIpc) is 3.01. The normalized spacial score (nSPS) is 15.1. The molecule has 104 valence electrons. The molecule has 5 heteroatoms. The quantitative estimate of drug-likeness (QED) is 0.801. The Balaban J connectivity index is 1.81. The molecule has 0 spiro atoms. The van der Waals surface area contributed by atoms with Crippen LogP contribution in [0, 0.1) is 0 Å². The summed E-state index contributed by atoms with van der Waals surface area (Å²) >= 11 is 0. The summed E-state index contributed by atoms with van der Waals surface area (Å²) in [6.07, 6.45) is 5.45. The van der Waals surface area contributed by atoms with Gasteiger partial charge in [-0.25, -0.2) is 4.98 Å². The number of nitrogens with one attached hydrogen (secondary N) is 3. The molecule has 20 heavy (non-hydrogen) atoms. The number of nitrogens with zero attached hydrogens (tertiary/aromatic N) is 1. The van der Waals surface area contributed by atoms with Crippen LogP contribution >= 0.6 is 0 Å². The van der Waals surface area contributed by atoms with E-state index in [1.54, 1.807) is 12.4 Å². The molecular formula is C15H18N4O. The van der Waals surface area contributed by atoms with Gasteiger partial charge >= 0.3 is 0 Å². The minimum absolute atomic E-state index is 0.0468. The zero-order valence-corrected chi connectivity index (χ0v) is 11.4. The van der Waals surface area contributed by atoms with Gasteiger partial charge in [0.05, 0.1) is 6.04 Å². The van der Waals surface area contributed by atoms with E-state index in [1.807, 2.05) is 25.1 Å². The van der Waals surface area contributed by atoms with E-state index in [9.17, 15) is 4.79 Å². The Hall–Kier alpha value is -2.30. The molecule has 1 atom stereocenters. The monoisotopic (exact) mass is 270 g/mol. The summed E-state index contributed by atoms with van der Waals surface area (Å²) in [5, 5.41) is 6.33. The topological polar surface area (TPSA) is 69.8 Å². The van der Waals surface area contributed by atoms with E-state index in [2.05, 4.69) is 20.6 Å². The minimum atomic E-state index is -0.134. The molecule has 0 radical (unpaired) electrons. The maximum atomic E-state index is 12.4. The molecule has 1 aliphatic heterocycles. The predicted molar refractivity (Wildman–Crippen MR) is 77.7 cm³/mol. The lowest BCUT2D eigenvalue weighted by molar-refractivity contribution is 0.0937. The standard InChI is InChI=1S/C15H18N4O/c1-10(14-17-8-9-18-14)19-15(20)12-4-2-6-13-11(12)5-3-7-16-13/h2,4,6,8-10,16H,3,5,7H2,1H3,(H,17,18)(H,19,20). The van der Waals surface area contributed by atoms with Crippen LogP contribution in [-0.4, -0.2) is 22.4 Å². The molecule has 0 saturated heterocycles. The molecule has 2 aromatic rings. The highest BCUT2D eigenvalue weighted by Gasteiger charge is 2.19. The number of carbonyl (C=O) groups excluding carboxylic acids is 1. The number of amides is 1. The summed E-state index contributed by atoms with van der Waals surface area (Å²) in [4.78, 5) is 19.6. The van der Waals surface area contributed by atoms with Gasteiger partial charge in [-0.05, 0) is 37.5 Å². The molecule has 3 N–H and O–H groups in total. The first-order valence-corrected chi connectivity index (χ1v) is 6.91. The highest BCUT2D eigenvalue weighted by atomic mass is 16.1. The molecule has 0 bridgehead atoms. The van der Waals surface area contributed by atoms with Crippen LogP contribution in [0.25, 0.3) is 0 Å². The molecule has 1 aromatic heterocycles. The van der Waals surface area contributed by atoms with Crippen molar-refractivity contribution in [2.75, 3.05) is 11.9 Å². The van der Waals surface area contributed by atoms with Crippen molar-refractivity contribution < 1.29 is 4.79 Å². The van der Waals surface area contributed by atoms with Crippen LogP contribution in [0.1, 0.15) is 41.1 Å². The first kappa shape index (κ1) is 12.7. The lowest BCUT2D eigenvalue weighted by atomic mass is 9.97. The number of anilines is 1. The highest BCUT2D eigenvalue weighted by Crippen LogP contribution is 2.25. The molecule has 0 saturated carbocycles. The van der Waals surface area contributed by atoms with Crippen molar-refractivity contribution in [2.24, 2.45) is 0 Å². The summed E-state index contributed by atoms with van der Waals surface area (Å²) in [5.74, 6) is 0.718. The Morgan fingerprint density at radius 1 is 1.45 bits per heavy atom. The number of benzene rings is 1. The van der Waals surface area contributed by atoms with Gasteiger partial charge in [0.1, 0.15) is 5.82 Å². The Kier molecular flexibility index (Phi) is 3.41. The molecule has 1 amide bonds. The first-order valence-electron chi connectivity index (χ1n) is 6.91. The summed E-state index contributed by atoms with van der Waals surface area (Å²) in [6, 6.07) is 5.70. The number of imidazole rings is 1. The van der Waals surface area contributed by atoms with Crippen molar-refractivity contribution in [1.29, 1.82) is 0 Å². The number of hydrogen-bond donors (Lipinski definition) is 3. The number of aromatic nitrogens is 2. The Morgan fingerprint density at radius 3 is 3.15 bits per heavy atom. The second-order valence-electron chi connectivity index (χ2n) is 5.03. The number of rotatable bonds is 3. The number of hydrogen-bond acceptors (Lipinski definition) is 3. The maximum Gasteiger partial charge on any atom is 0.252 e. The van der Waals surface area contributed by atoms with E-state index in [0.717, 1.165) is 42.0 Å². The molecule has 1 aliphatic rings. The van der Waals surface area contributed by atoms with E-state index >= 15 is 0 Å². The van der Waals surface area contributed by atoms with Gasteiger partial charge in [-0.15, -0.1) is 0 Å². The van der Waals surface area contributed by atoms with Crippen molar-refractivity contribution in [3.63, 3.8) is 0 Å². The highest BCUT2D eigenvalue weighted by molar-refractivity contribution is 5.97. The van der Waals surface area contributed by atoms with Gasteiger partial charge in [0.2, 0.25) is 0 Å². The van der Waals surface area contributed by atoms with Gasteiger partial charge in [-0.2, -0.15) is 0 Å². The van der Waals surface area contributed by atoms with Gasteiger partial charge < -0.3 is 15.6 Å². The molecule has 2 heterocycles. The smallest absolute Gasteiger partial charge is 0.252 e. The van der Waals surface area contributed by atoms with Crippen LogP contribution in [0.15, 0.2) is 30.6 Å². The molecule has 0 aliphatic carbocycles. The Labute approximate surface area is 117 Å². The van der Waals surface area contributed by atoms with Crippen molar-refractivity contribution in [1.82, 2.24) is 15.3 Å². The van der Waals surface area contributed by atoms with Crippen molar-refractivity contribution in [3.05, 3.63) is 47.5 Å². The number of fused-ring (bicyclic) bond motifs is 1. The number of aromatic amines is 1. The zero-order valence-electron chi connectivity index (χ0n) is 11.4. The predicted octanol–water partition coefficient (Wildman–Crippen LogP) is 2.26. The fourth-order valence-electron chi connectivity index (χ4n) is 2.58. The second-order valence-corrected chi connectivity index (χ2v) is 5.03. The van der Waals surface area contributed by atoms with Gasteiger partial charge in [0, 0.05) is 30.2 Å². The largest absolute Gasteiger partial charge is 0.385 e. The van der Waals surface area contributed by atoms with Crippen molar-refractivity contribution >= 4 is 11.6 Å². The average molecular weight is 270 g/mol.